The van der Waals surface area contributed by atoms with Crippen molar-refractivity contribution in [3.05, 3.63) is 77.0 Å². The van der Waals surface area contributed by atoms with Crippen LogP contribution in [0.25, 0.3) is 10.2 Å². The molecule has 0 aliphatic heterocycles. The Labute approximate surface area is 126 Å². The second-order valence-corrected chi connectivity index (χ2v) is 5.75. The van der Waals surface area contributed by atoms with Gasteiger partial charge in [-0.2, -0.15) is 0 Å². The first-order valence-corrected chi connectivity index (χ1v) is 7.34. The standard InChI is InChI=1S/C16H12ClNOS/c1-2-19-15(11-7-9-12(17)10-8-11)16-18-13-5-3-4-6-14(13)20-16/h2-10,15H,1H2. The van der Waals surface area contributed by atoms with Crippen LogP contribution in [0, 0.1) is 0 Å². The SMILES string of the molecule is C=COC(c1ccc(Cl)cc1)c1nc2ccccc2s1. The fourth-order valence-corrected chi connectivity index (χ4v) is 3.17. The lowest BCUT2D eigenvalue weighted by Crippen LogP contribution is -2.02. The van der Waals surface area contributed by atoms with Gasteiger partial charge in [-0.3, -0.25) is 0 Å². The molecule has 0 spiro atoms. The third-order valence-corrected chi connectivity index (χ3v) is 4.27. The normalized spacial score (nSPS) is 12.2. The van der Waals surface area contributed by atoms with Gasteiger partial charge in [0.25, 0.3) is 0 Å². The minimum absolute atomic E-state index is 0.248. The predicted octanol–water partition coefficient (Wildman–Crippen LogP) is 5.20. The summed E-state index contributed by atoms with van der Waals surface area (Å²) in [7, 11) is 0. The molecule has 0 saturated carbocycles. The molecule has 1 aromatic heterocycles. The number of hydrogen-bond acceptors (Lipinski definition) is 3. The summed E-state index contributed by atoms with van der Waals surface area (Å²) < 4.78 is 6.80. The largest absolute Gasteiger partial charge is 0.487 e. The summed E-state index contributed by atoms with van der Waals surface area (Å²) in [6, 6.07) is 15.7. The van der Waals surface area contributed by atoms with E-state index in [9.17, 15) is 0 Å². The minimum Gasteiger partial charge on any atom is -0.487 e. The lowest BCUT2D eigenvalue weighted by molar-refractivity contribution is 0.183. The van der Waals surface area contributed by atoms with E-state index < -0.39 is 0 Å². The van der Waals surface area contributed by atoms with Crippen LogP contribution in [0.3, 0.4) is 0 Å². The molecule has 1 heterocycles. The summed E-state index contributed by atoms with van der Waals surface area (Å²) in [6.07, 6.45) is 1.20. The van der Waals surface area contributed by atoms with Gasteiger partial charge in [-0.05, 0) is 29.8 Å². The van der Waals surface area contributed by atoms with Crippen molar-refractivity contribution in [2.24, 2.45) is 0 Å². The maximum Gasteiger partial charge on any atom is 0.174 e. The Bertz CT molecular complexity index is 703. The van der Waals surface area contributed by atoms with Crippen molar-refractivity contribution in [1.82, 2.24) is 4.98 Å². The summed E-state index contributed by atoms with van der Waals surface area (Å²) in [5.74, 6) is 0. The van der Waals surface area contributed by atoms with Crippen molar-refractivity contribution in [2.45, 2.75) is 6.10 Å². The summed E-state index contributed by atoms with van der Waals surface area (Å²) in [5.41, 5.74) is 1.99. The van der Waals surface area contributed by atoms with Crippen LogP contribution in [0.5, 0.6) is 0 Å². The van der Waals surface area contributed by atoms with Gasteiger partial charge in [0.2, 0.25) is 0 Å². The van der Waals surface area contributed by atoms with Gasteiger partial charge >= 0.3 is 0 Å². The van der Waals surface area contributed by atoms with Gasteiger partial charge < -0.3 is 4.74 Å². The zero-order chi connectivity index (χ0) is 13.9. The first-order valence-electron chi connectivity index (χ1n) is 6.15. The number of benzene rings is 2. The number of aromatic nitrogens is 1. The van der Waals surface area contributed by atoms with E-state index in [0.29, 0.717) is 5.02 Å². The second kappa shape index (κ2) is 5.65. The number of hydrogen-bond donors (Lipinski definition) is 0. The van der Waals surface area contributed by atoms with Gasteiger partial charge in [-0.15, -0.1) is 11.3 Å². The average Bonchev–Trinajstić information content (AvgIpc) is 2.89. The van der Waals surface area contributed by atoms with Crippen LogP contribution in [0.1, 0.15) is 16.7 Å². The molecule has 4 heteroatoms. The Morgan fingerprint density at radius 2 is 1.90 bits per heavy atom. The Balaban J connectivity index is 2.05. The summed E-state index contributed by atoms with van der Waals surface area (Å²) >= 11 is 7.56. The quantitative estimate of drug-likeness (QED) is 0.618. The fraction of sp³-hybridized carbons (Fsp3) is 0.0625. The van der Waals surface area contributed by atoms with E-state index in [0.717, 1.165) is 20.8 Å². The molecule has 1 unspecified atom stereocenters. The van der Waals surface area contributed by atoms with Crippen LogP contribution in [0.2, 0.25) is 5.02 Å². The molecule has 3 rings (SSSR count). The Kier molecular flexibility index (Phi) is 3.72. The topological polar surface area (TPSA) is 22.1 Å². The highest BCUT2D eigenvalue weighted by atomic mass is 35.5. The van der Waals surface area contributed by atoms with E-state index in [1.54, 1.807) is 11.3 Å². The van der Waals surface area contributed by atoms with Crippen LogP contribution in [-0.4, -0.2) is 4.98 Å². The van der Waals surface area contributed by atoms with Gasteiger partial charge in [-0.25, -0.2) is 4.98 Å². The highest BCUT2D eigenvalue weighted by Crippen LogP contribution is 2.33. The van der Waals surface area contributed by atoms with E-state index >= 15 is 0 Å². The molecule has 100 valence electrons. The molecule has 2 nitrogen and oxygen atoms in total. The Hall–Kier alpha value is -1.84. The third-order valence-electron chi connectivity index (χ3n) is 2.94. The van der Waals surface area contributed by atoms with Crippen LogP contribution in [0.15, 0.2) is 61.4 Å². The number of rotatable bonds is 4. The molecule has 0 saturated heterocycles. The molecule has 3 aromatic rings. The molecule has 20 heavy (non-hydrogen) atoms. The molecule has 0 aliphatic rings. The average molecular weight is 302 g/mol. The van der Waals surface area contributed by atoms with Crippen LogP contribution < -0.4 is 0 Å². The van der Waals surface area contributed by atoms with Crippen molar-refractivity contribution < 1.29 is 4.74 Å². The maximum atomic E-state index is 5.93. The number of para-hydroxylation sites is 1. The molecular weight excluding hydrogens is 290 g/mol. The first kappa shape index (κ1) is 13.2. The predicted molar refractivity (Wildman–Crippen MR) is 84.2 cm³/mol. The molecule has 0 aliphatic carbocycles. The number of thiazole rings is 1. The zero-order valence-corrected chi connectivity index (χ0v) is 12.2. The third kappa shape index (κ3) is 2.55. The molecule has 1 atom stereocenters. The minimum atomic E-state index is -0.248. The van der Waals surface area contributed by atoms with E-state index in [2.05, 4.69) is 17.6 Å². The maximum absolute atomic E-state index is 5.93. The second-order valence-electron chi connectivity index (χ2n) is 4.25. The van der Waals surface area contributed by atoms with Crippen LogP contribution >= 0.6 is 22.9 Å². The van der Waals surface area contributed by atoms with E-state index in [-0.39, 0.29) is 6.10 Å². The summed E-state index contributed by atoms with van der Waals surface area (Å²) in [6.45, 7) is 3.65. The summed E-state index contributed by atoms with van der Waals surface area (Å²) in [4.78, 5) is 4.64. The molecule has 0 amide bonds. The van der Waals surface area contributed by atoms with Gasteiger partial charge in [0.15, 0.2) is 6.10 Å². The first-order chi connectivity index (χ1) is 9.78. The Morgan fingerprint density at radius 3 is 2.60 bits per heavy atom. The van der Waals surface area contributed by atoms with Crippen molar-refractivity contribution in [3.63, 3.8) is 0 Å². The molecule has 0 radical (unpaired) electrons. The lowest BCUT2D eigenvalue weighted by Gasteiger charge is -2.14. The van der Waals surface area contributed by atoms with E-state index in [1.807, 2.05) is 42.5 Å². The van der Waals surface area contributed by atoms with Gasteiger partial charge in [-0.1, -0.05) is 42.4 Å². The lowest BCUT2D eigenvalue weighted by atomic mass is 10.1. The van der Waals surface area contributed by atoms with E-state index in [1.165, 1.54) is 6.26 Å². The molecule has 2 aromatic carbocycles. The zero-order valence-electron chi connectivity index (χ0n) is 10.6. The van der Waals surface area contributed by atoms with Crippen LogP contribution in [0.4, 0.5) is 0 Å². The molecule has 0 bridgehead atoms. The van der Waals surface area contributed by atoms with Crippen LogP contribution in [-0.2, 0) is 4.74 Å². The number of nitrogens with zero attached hydrogens (tertiary/aromatic N) is 1. The van der Waals surface area contributed by atoms with Gasteiger partial charge in [0.05, 0.1) is 16.5 Å². The number of fused-ring (bicyclic) bond motifs is 1. The number of halogens is 1. The smallest absolute Gasteiger partial charge is 0.174 e. The molecule has 0 fully saturated rings. The monoisotopic (exact) mass is 301 g/mol. The van der Waals surface area contributed by atoms with Gasteiger partial charge in [0, 0.05) is 5.02 Å². The van der Waals surface area contributed by atoms with Crippen molar-refractivity contribution in [1.29, 1.82) is 0 Å². The summed E-state index contributed by atoms with van der Waals surface area (Å²) in [5, 5.41) is 1.61. The fourth-order valence-electron chi connectivity index (χ4n) is 2.02. The highest BCUT2D eigenvalue weighted by Gasteiger charge is 2.18. The Morgan fingerprint density at radius 1 is 1.15 bits per heavy atom. The van der Waals surface area contributed by atoms with Crippen molar-refractivity contribution >= 4 is 33.2 Å². The van der Waals surface area contributed by atoms with E-state index in [4.69, 9.17) is 16.3 Å². The number of ether oxygens (including phenoxy) is 1. The van der Waals surface area contributed by atoms with Gasteiger partial charge in [0.1, 0.15) is 5.01 Å². The van der Waals surface area contributed by atoms with Crippen molar-refractivity contribution in [3.8, 4) is 0 Å². The molecular formula is C16H12ClNOS. The van der Waals surface area contributed by atoms with Crippen molar-refractivity contribution in [2.75, 3.05) is 0 Å². The highest BCUT2D eigenvalue weighted by molar-refractivity contribution is 7.18. The molecule has 0 N–H and O–H groups in total.